The number of nitrogens with two attached hydrogens (primary N) is 1. The van der Waals surface area contributed by atoms with Crippen LogP contribution in [0.5, 0.6) is 0 Å². The second-order valence-electron chi connectivity index (χ2n) is 4.20. The topological polar surface area (TPSA) is 60.2 Å². The van der Waals surface area contributed by atoms with E-state index in [-0.39, 0.29) is 6.04 Å². The lowest BCUT2D eigenvalue weighted by Crippen LogP contribution is -2.33. The van der Waals surface area contributed by atoms with Gasteiger partial charge in [-0.25, -0.2) is 0 Å². The molecule has 0 saturated heterocycles. The average molecular weight is 223 g/mol. The fourth-order valence-corrected chi connectivity index (χ4v) is 1.81. The molecule has 4 nitrogen and oxygen atoms in total. The first-order valence-electron chi connectivity index (χ1n) is 5.55. The molecule has 0 aliphatic heterocycles. The van der Waals surface area contributed by atoms with Crippen molar-refractivity contribution in [2.45, 2.75) is 26.3 Å². The first-order valence-corrected chi connectivity index (χ1v) is 5.55. The van der Waals surface area contributed by atoms with Crippen molar-refractivity contribution >= 4 is 0 Å². The van der Waals surface area contributed by atoms with Gasteiger partial charge in [0.1, 0.15) is 0 Å². The van der Waals surface area contributed by atoms with E-state index in [0.29, 0.717) is 5.92 Å². The lowest BCUT2D eigenvalue weighted by molar-refractivity contribution is 0.170. The van der Waals surface area contributed by atoms with Crippen molar-refractivity contribution in [3.05, 3.63) is 29.6 Å². The highest BCUT2D eigenvalue weighted by molar-refractivity contribution is 5.20. The molecule has 2 atom stereocenters. The molecule has 0 radical (unpaired) electrons. The SMILES string of the molecule is COCCC(C)C(NN)c1cncc(C)c1. The molecule has 0 fully saturated rings. The molecule has 4 heteroatoms. The predicted octanol–water partition coefficient (Wildman–Crippen LogP) is 1.57. The smallest absolute Gasteiger partial charge is 0.0501 e. The van der Waals surface area contributed by atoms with Crippen LogP contribution in [0.3, 0.4) is 0 Å². The first kappa shape index (κ1) is 13.1. The summed E-state index contributed by atoms with van der Waals surface area (Å²) in [5, 5.41) is 0. The van der Waals surface area contributed by atoms with Crippen LogP contribution in [0.15, 0.2) is 18.5 Å². The second-order valence-corrected chi connectivity index (χ2v) is 4.20. The third kappa shape index (κ3) is 3.56. The zero-order chi connectivity index (χ0) is 12.0. The molecule has 1 aromatic rings. The highest BCUT2D eigenvalue weighted by Crippen LogP contribution is 2.23. The van der Waals surface area contributed by atoms with E-state index in [1.165, 1.54) is 0 Å². The number of ether oxygens (including phenoxy) is 1. The van der Waals surface area contributed by atoms with Crippen LogP contribution in [0.2, 0.25) is 0 Å². The Labute approximate surface area is 97.2 Å². The van der Waals surface area contributed by atoms with Gasteiger partial charge >= 0.3 is 0 Å². The van der Waals surface area contributed by atoms with Gasteiger partial charge in [-0.1, -0.05) is 13.0 Å². The van der Waals surface area contributed by atoms with Crippen molar-refractivity contribution in [1.29, 1.82) is 0 Å². The Bertz CT molecular complexity index is 317. The number of methoxy groups -OCH3 is 1. The summed E-state index contributed by atoms with van der Waals surface area (Å²) in [6, 6.07) is 2.24. The van der Waals surface area contributed by atoms with Gasteiger partial charge in [0.05, 0.1) is 6.04 Å². The second kappa shape index (κ2) is 6.58. The van der Waals surface area contributed by atoms with Gasteiger partial charge in [0.2, 0.25) is 0 Å². The summed E-state index contributed by atoms with van der Waals surface area (Å²) in [7, 11) is 1.71. The number of nitrogens with zero attached hydrogens (tertiary/aromatic N) is 1. The number of hydrazine groups is 1. The molecule has 0 bridgehead atoms. The largest absolute Gasteiger partial charge is 0.385 e. The van der Waals surface area contributed by atoms with Crippen molar-refractivity contribution in [2.24, 2.45) is 11.8 Å². The van der Waals surface area contributed by atoms with Crippen LogP contribution in [0.1, 0.15) is 30.5 Å². The number of nitrogens with one attached hydrogen (secondary N) is 1. The zero-order valence-corrected chi connectivity index (χ0v) is 10.2. The van der Waals surface area contributed by atoms with Crippen LogP contribution in [-0.2, 0) is 4.74 Å². The third-order valence-corrected chi connectivity index (χ3v) is 2.78. The van der Waals surface area contributed by atoms with Crippen LogP contribution in [0.4, 0.5) is 0 Å². The van der Waals surface area contributed by atoms with Crippen molar-refractivity contribution in [3.63, 3.8) is 0 Å². The van der Waals surface area contributed by atoms with E-state index in [2.05, 4.69) is 23.4 Å². The molecular formula is C12H21N3O. The highest BCUT2D eigenvalue weighted by atomic mass is 16.5. The summed E-state index contributed by atoms with van der Waals surface area (Å²) < 4.78 is 5.08. The van der Waals surface area contributed by atoms with Gasteiger partial charge < -0.3 is 4.74 Å². The Hall–Kier alpha value is -0.970. The van der Waals surface area contributed by atoms with Crippen molar-refractivity contribution in [2.75, 3.05) is 13.7 Å². The maximum atomic E-state index is 5.61. The van der Waals surface area contributed by atoms with Gasteiger partial charge in [-0.2, -0.15) is 0 Å². The van der Waals surface area contributed by atoms with E-state index in [0.717, 1.165) is 24.2 Å². The number of hydrogen-bond donors (Lipinski definition) is 2. The fourth-order valence-electron chi connectivity index (χ4n) is 1.81. The lowest BCUT2D eigenvalue weighted by Gasteiger charge is -2.23. The molecule has 0 spiro atoms. The molecule has 3 N–H and O–H groups in total. The Morgan fingerprint density at radius 3 is 2.81 bits per heavy atom. The Kier molecular flexibility index (Phi) is 5.38. The molecule has 0 aromatic carbocycles. The van der Waals surface area contributed by atoms with E-state index < -0.39 is 0 Å². The van der Waals surface area contributed by atoms with Gasteiger partial charge in [0, 0.05) is 26.1 Å². The summed E-state index contributed by atoms with van der Waals surface area (Å²) in [4.78, 5) is 4.19. The van der Waals surface area contributed by atoms with Crippen LogP contribution in [0, 0.1) is 12.8 Å². The fraction of sp³-hybridized carbons (Fsp3) is 0.583. The number of aryl methyl sites for hydroxylation is 1. The first-order chi connectivity index (χ1) is 7.69. The van der Waals surface area contributed by atoms with Gasteiger partial charge in [0.25, 0.3) is 0 Å². The minimum Gasteiger partial charge on any atom is -0.385 e. The van der Waals surface area contributed by atoms with Gasteiger partial charge in [0.15, 0.2) is 0 Å². The third-order valence-electron chi connectivity index (χ3n) is 2.78. The molecule has 1 heterocycles. The standard InChI is InChI=1S/C12H21N3O/c1-9-6-11(8-14-7-9)12(15-13)10(2)4-5-16-3/h6-8,10,12,15H,4-5,13H2,1-3H3. The van der Waals surface area contributed by atoms with Crippen molar-refractivity contribution in [3.8, 4) is 0 Å². The van der Waals surface area contributed by atoms with E-state index >= 15 is 0 Å². The van der Waals surface area contributed by atoms with Crippen molar-refractivity contribution in [1.82, 2.24) is 10.4 Å². The average Bonchev–Trinajstić information content (AvgIpc) is 2.27. The Balaban J connectivity index is 2.73. The van der Waals surface area contributed by atoms with Gasteiger partial charge in [-0.3, -0.25) is 16.3 Å². The van der Waals surface area contributed by atoms with Gasteiger partial charge in [-0.15, -0.1) is 0 Å². The van der Waals surface area contributed by atoms with E-state index in [9.17, 15) is 0 Å². The van der Waals surface area contributed by atoms with E-state index in [1.807, 2.05) is 19.3 Å². The molecular weight excluding hydrogens is 202 g/mol. The van der Waals surface area contributed by atoms with Gasteiger partial charge in [-0.05, 0) is 30.4 Å². The number of aromatic nitrogens is 1. The van der Waals surface area contributed by atoms with Crippen LogP contribution >= 0.6 is 0 Å². The Morgan fingerprint density at radius 2 is 2.25 bits per heavy atom. The van der Waals surface area contributed by atoms with E-state index in [4.69, 9.17) is 10.6 Å². The molecule has 2 unspecified atom stereocenters. The summed E-state index contributed by atoms with van der Waals surface area (Å²) in [6.07, 6.45) is 4.68. The Morgan fingerprint density at radius 1 is 1.50 bits per heavy atom. The summed E-state index contributed by atoms with van der Waals surface area (Å²) in [5.41, 5.74) is 5.14. The monoisotopic (exact) mass is 223 g/mol. The predicted molar refractivity (Wildman–Crippen MR) is 64.7 cm³/mol. The molecule has 1 aromatic heterocycles. The number of pyridine rings is 1. The normalized spacial score (nSPS) is 14.8. The summed E-state index contributed by atoms with van der Waals surface area (Å²) in [5.74, 6) is 6.02. The van der Waals surface area contributed by atoms with E-state index in [1.54, 1.807) is 7.11 Å². The van der Waals surface area contributed by atoms with Crippen molar-refractivity contribution < 1.29 is 4.74 Å². The van der Waals surface area contributed by atoms with Crippen LogP contribution < -0.4 is 11.3 Å². The molecule has 90 valence electrons. The molecule has 16 heavy (non-hydrogen) atoms. The number of rotatable bonds is 6. The molecule has 0 aliphatic rings. The lowest BCUT2D eigenvalue weighted by atomic mass is 9.93. The quantitative estimate of drug-likeness (QED) is 0.567. The highest BCUT2D eigenvalue weighted by Gasteiger charge is 2.17. The maximum absolute atomic E-state index is 5.61. The minimum absolute atomic E-state index is 0.127. The zero-order valence-electron chi connectivity index (χ0n) is 10.2. The van der Waals surface area contributed by atoms with Crippen LogP contribution in [0.25, 0.3) is 0 Å². The molecule has 0 saturated carbocycles. The minimum atomic E-state index is 0.127. The maximum Gasteiger partial charge on any atom is 0.0501 e. The van der Waals surface area contributed by atoms with Crippen LogP contribution in [-0.4, -0.2) is 18.7 Å². The number of hydrogen-bond acceptors (Lipinski definition) is 4. The summed E-state index contributed by atoms with van der Waals surface area (Å²) in [6.45, 7) is 4.94. The molecule has 1 rings (SSSR count). The summed E-state index contributed by atoms with van der Waals surface area (Å²) >= 11 is 0. The molecule has 0 amide bonds. The molecule has 0 aliphatic carbocycles.